The molecular weight excluding hydrogens is 198 g/mol. The Morgan fingerprint density at radius 3 is 2.38 bits per heavy atom. The molecule has 78 valence electrons. The van der Waals surface area contributed by atoms with Crippen LogP contribution in [0.25, 0.3) is 11.1 Å². The van der Waals surface area contributed by atoms with Crippen molar-refractivity contribution < 1.29 is 4.39 Å². The van der Waals surface area contributed by atoms with E-state index in [1.807, 2.05) is 25.1 Å². The third-order valence-corrected chi connectivity index (χ3v) is 2.82. The van der Waals surface area contributed by atoms with Crippen LogP contribution in [0.15, 0.2) is 42.5 Å². The molecule has 0 saturated heterocycles. The first kappa shape index (κ1) is 10.9. The molecule has 0 bridgehead atoms. The topological polar surface area (TPSA) is 0 Å². The monoisotopic (exact) mass is 210 g/mol. The summed E-state index contributed by atoms with van der Waals surface area (Å²) in [5.74, 6) is -0.212. The smallest absolute Gasteiger partial charge is 0.123 e. The molecule has 2 rings (SSSR count). The molecule has 0 saturated carbocycles. The molecule has 0 N–H and O–H groups in total. The lowest BCUT2D eigenvalue weighted by Gasteiger charge is -2.10. The maximum absolute atomic E-state index is 12.8. The van der Waals surface area contributed by atoms with Crippen molar-refractivity contribution >= 4 is 7.85 Å². The summed E-state index contributed by atoms with van der Waals surface area (Å²) in [5, 5.41) is 0. The predicted molar refractivity (Wildman–Crippen MR) is 66.0 cm³/mol. The van der Waals surface area contributed by atoms with Crippen LogP contribution in [-0.4, -0.2) is 7.85 Å². The first-order chi connectivity index (χ1) is 7.72. The fourth-order valence-corrected chi connectivity index (χ4v) is 1.85. The maximum atomic E-state index is 12.8. The van der Waals surface area contributed by atoms with E-state index in [9.17, 15) is 4.39 Å². The van der Waals surface area contributed by atoms with Gasteiger partial charge in [0.2, 0.25) is 0 Å². The van der Waals surface area contributed by atoms with Crippen LogP contribution in [0.1, 0.15) is 11.1 Å². The molecule has 0 aliphatic heterocycles. The van der Waals surface area contributed by atoms with Gasteiger partial charge in [0.15, 0.2) is 0 Å². The van der Waals surface area contributed by atoms with Gasteiger partial charge in [-0.15, -0.1) is 0 Å². The molecule has 0 fully saturated rings. The number of halogens is 1. The number of benzene rings is 2. The molecule has 0 nitrogen and oxygen atoms in total. The van der Waals surface area contributed by atoms with Crippen LogP contribution in [0.5, 0.6) is 0 Å². The SMILES string of the molecule is [B]Cc1cccc(-c2ccc(F)cc2)c1C. The number of hydrogen-bond acceptors (Lipinski definition) is 0. The summed E-state index contributed by atoms with van der Waals surface area (Å²) in [6, 6.07) is 12.6. The molecule has 2 aromatic rings. The summed E-state index contributed by atoms with van der Waals surface area (Å²) in [6.45, 7) is 2.04. The van der Waals surface area contributed by atoms with E-state index in [0.29, 0.717) is 6.32 Å². The molecule has 2 radical (unpaired) electrons. The van der Waals surface area contributed by atoms with Crippen molar-refractivity contribution in [1.82, 2.24) is 0 Å². The Bertz CT molecular complexity index is 489. The van der Waals surface area contributed by atoms with Gasteiger partial charge in [-0.3, -0.25) is 0 Å². The minimum absolute atomic E-state index is 0.212. The van der Waals surface area contributed by atoms with Gasteiger partial charge in [0.1, 0.15) is 5.82 Å². The molecule has 16 heavy (non-hydrogen) atoms. The largest absolute Gasteiger partial charge is 0.207 e. The first-order valence-corrected chi connectivity index (χ1v) is 5.27. The van der Waals surface area contributed by atoms with E-state index >= 15 is 0 Å². The minimum Gasteiger partial charge on any atom is -0.207 e. The summed E-state index contributed by atoms with van der Waals surface area (Å²) >= 11 is 0. The first-order valence-electron chi connectivity index (χ1n) is 5.27. The lowest BCUT2D eigenvalue weighted by Crippen LogP contribution is -1.92. The maximum Gasteiger partial charge on any atom is 0.123 e. The summed E-state index contributed by atoms with van der Waals surface area (Å²) in [6.07, 6.45) is 0.529. The van der Waals surface area contributed by atoms with Crippen molar-refractivity contribution in [2.24, 2.45) is 0 Å². The van der Waals surface area contributed by atoms with E-state index in [2.05, 4.69) is 0 Å². The molecule has 0 aliphatic carbocycles. The quantitative estimate of drug-likeness (QED) is 0.665. The third kappa shape index (κ3) is 2.01. The van der Waals surface area contributed by atoms with E-state index < -0.39 is 0 Å². The zero-order valence-electron chi connectivity index (χ0n) is 9.20. The van der Waals surface area contributed by atoms with Crippen molar-refractivity contribution in [3.8, 4) is 11.1 Å². The highest BCUT2D eigenvalue weighted by Gasteiger charge is 2.04. The standard InChI is InChI=1S/C14H12BF/c1-10-12(9-15)3-2-4-14(10)11-5-7-13(16)8-6-11/h2-8H,9H2,1H3. The molecular formula is C14H12BF. The van der Waals surface area contributed by atoms with Gasteiger partial charge in [-0.05, 0) is 35.7 Å². The van der Waals surface area contributed by atoms with E-state index in [4.69, 9.17) is 7.85 Å². The fraction of sp³-hybridized carbons (Fsp3) is 0.143. The molecule has 0 atom stereocenters. The normalized spacial score (nSPS) is 10.4. The summed E-state index contributed by atoms with van der Waals surface area (Å²) < 4.78 is 12.8. The highest BCUT2D eigenvalue weighted by atomic mass is 19.1. The van der Waals surface area contributed by atoms with E-state index in [0.717, 1.165) is 22.3 Å². The Kier molecular flexibility index (Phi) is 3.09. The molecule has 0 aliphatic rings. The van der Waals surface area contributed by atoms with Crippen molar-refractivity contribution in [2.45, 2.75) is 13.2 Å². The van der Waals surface area contributed by atoms with Gasteiger partial charge in [0, 0.05) is 0 Å². The van der Waals surface area contributed by atoms with Crippen LogP contribution in [0.2, 0.25) is 0 Å². The Balaban J connectivity index is 2.51. The van der Waals surface area contributed by atoms with Crippen LogP contribution in [0, 0.1) is 12.7 Å². The van der Waals surface area contributed by atoms with E-state index in [1.54, 1.807) is 12.1 Å². The molecule has 0 unspecified atom stereocenters. The molecule has 0 amide bonds. The Morgan fingerprint density at radius 2 is 1.75 bits per heavy atom. The van der Waals surface area contributed by atoms with Gasteiger partial charge in [0.05, 0.1) is 7.85 Å². The van der Waals surface area contributed by atoms with Gasteiger partial charge < -0.3 is 0 Å². The zero-order chi connectivity index (χ0) is 11.5. The molecule has 0 spiro atoms. The van der Waals surface area contributed by atoms with E-state index in [-0.39, 0.29) is 5.82 Å². The van der Waals surface area contributed by atoms with Crippen LogP contribution < -0.4 is 0 Å². The van der Waals surface area contributed by atoms with Gasteiger partial charge >= 0.3 is 0 Å². The van der Waals surface area contributed by atoms with Crippen molar-refractivity contribution in [1.29, 1.82) is 0 Å². The summed E-state index contributed by atoms with van der Waals surface area (Å²) in [4.78, 5) is 0. The molecule has 0 heterocycles. The third-order valence-electron chi connectivity index (χ3n) is 2.82. The zero-order valence-corrected chi connectivity index (χ0v) is 9.20. The van der Waals surface area contributed by atoms with E-state index in [1.165, 1.54) is 12.1 Å². The minimum atomic E-state index is -0.212. The van der Waals surface area contributed by atoms with Crippen molar-refractivity contribution in [3.63, 3.8) is 0 Å². The summed E-state index contributed by atoms with van der Waals surface area (Å²) in [5.41, 5.74) is 4.43. The lowest BCUT2D eigenvalue weighted by atomic mass is 9.89. The number of hydrogen-bond donors (Lipinski definition) is 0. The van der Waals surface area contributed by atoms with Gasteiger partial charge in [-0.25, -0.2) is 4.39 Å². The Labute approximate surface area is 96.5 Å². The second-order valence-corrected chi connectivity index (χ2v) is 3.80. The molecule has 2 aromatic carbocycles. The van der Waals surface area contributed by atoms with Gasteiger partial charge in [-0.1, -0.05) is 42.2 Å². The van der Waals surface area contributed by atoms with Crippen LogP contribution in [0.3, 0.4) is 0 Å². The Morgan fingerprint density at radius 1 is 1.06 bits per heavy atom. The van der Waals surface area contributed by atoms with Crippen LogP contribution >= 0.6 is 0 Å². The second kappa shape index (κ2) is 4.52. The Hall–Kier alpha value is -1.57. The number of rotatable bonds is 2. The molecule has 0 aromatic heterocycles. The average molecular weight is 210 g/mol. The highest BCUT2D eigenvalue weighted by Crippen LogP contribution is 2.25. The van der Waals surface area contributed by atoms with Gasteiger partial charge in [0.25, 0.3) is 0 Å². The van der Waals surface area contributed by atoms with Gasteiger partial charge in [-0.2, -0.15) is 0 Å². The predicted octanol–water partition coefficient (Wildman–Crippen LogP) is 3.47. The fourth-order valence-electron chi connectivity index (χ4n) is 1.85. The highest BCUT2D eigenvalue weighted by molar-refractivity contribution is 6.08. The summed E-state index contributed by atoms with van der Waals surface area (Å²) in [7, 11) is 5.66. The second-order valence-electron chi connectivity index (χ2n) is 3.80. The molecule has 2 heteroatoms. The average Bonchev–Trinajstić information content (AvgIpc) is 2.31. The lowest BCUT2D eigenvalue weighted by molar-refractivity contribution is 0.628. The van der Waals surface area contributed by atoms with Crippen LogP contribution in [-0.2, 0) is 6.32 Å². The van der Waals surface area contributed by atoms with Crippen molar-refractivity contribution in [3.05, 3.63) is 59.4 Å². The van der Waals surface area contributed by atoms with Crippen LogP contribution in [0.4, 0.5) is 4.39 Å². The van der Waals surface area contributed by atoms with Crippen molar-refractivity contribution in [2.75, 3.05) is 0 Å².